The van der Waals surface area contributed by atoms with Gasteiger partial charge in [-0.1, -0.05) is 24.6 Å². The van der Waals surface area contributed by atoms with Crippen molar-refractivity contribution in [3.05, 3.63) is 45.5 Å². The Morgan fingerprint density at radius 3 is 2.70 bits per heavy atom. The summed E-state index contributed by atoms with van der Waals surface area (Å²) in [6, 6.07) is 3.78. The van der Waals surface area contributed by atoms with E-state index in [0.717, 1.165) is 42.5 Å². The second-order valence-electron chi connectivity index (χ2n) is 6.99. The lowest BCUT2D eigenvalue weighted by Crippen LogP contribution is -2.26. The molecule has 0 aliphatic carbocycles. The lowest BCUT2D eigenvalue weighted by molar-refractivity contribution is 0.0947. The zero-order chi connectivity index (χ0) is 19.6. The Balaban J connectivity index is 1.93. The molecule has 0 unspecified atom stereocenters. The maximum atomic E-state index is 12.9. The molecule has 0 spiro atoms. The molecule has 1 aromatic carbocycles. The minimum absolute atomic E-state index is 0.217. The van der Waals surface area contributed by atoms with Gasteiger partial charge in [0, 0.05) is 13.1 Å². The van der Waals surface area contributed by atoms with E-state index in [2.05, 4.69) is 15.6 Å². The Morgan fingerprint density at radius 2 is 2.00 bits per heavy atom. The van der Waals surface area contributed by atoms with Gasteiger partial charge in [-0.25, -0.2) is 4.98 Å². The molecule has 6 nitrogen and oxygen atoms in total. The van der Waals surface area contributed by atoms with E-state index in [1.165, 1.54) is 0 Å². The van der Waals surface area contributed by atoms with Crippen molar-refractivity contribution in [3.8, 4) is 0 Å². The van der Waals surface area contributed by atoms with Crippen molar-refractivity contribution >= 4 is 29.1 Å². The van der Waals surface area contributed by atoms with E-state index in [0.29, 0.717) is 29.5 Å². The van der Waals surface area contributed by atoms with Gasteiger partial charge in [-0.05, 0) is 56.7 Å². The highest BCUT2D eigenvalue weighted by Crippen LogP contribution is 2.28. The summed E-state index contributed by atoms with van der Waals surface area (Å²) in [5.41, 5.74) is 3.70. The quantitative estimate of drug-likeness (QED) is 0.816. The van der Waals surface area contributed by atoms with E-state index in [1.807, 2.05) is 37.5 Å². The number of aryl methyl sites for hydroxylation is 2. The fourth-order valence-electron chi connectivity index (χ4n) is 3.46. The molecule has 7 heteroatoms. The zero-order valence-corrected chi connectivity index (χ0v) is 16.7. The second-order valence-corrected chi connectivity index (χ2v) is 7.40. The summed E-state index contributed by atoms with van der Waals surface area (Å²) >= 11 is 6.32. The molecule has 1 aliphatic heterocycles. The number of nitrogens with zero attached hydrogens (tertiary/aromatic N) is 2. The molecule has 3 rings (SSSR count). The number of halogens is 1. The smallest absolute Gasteiger partial charge is 0.291 e. The Labute approximate surface area is 164 Å². The van der Waals surface area contributed by atoms with Crippen LogP contribution in [0, 0.1) is 13.8 Å². The average Bonchev–Trinajstić information content (AvgIpc) is 3.02. The highest BCUT2D eigenvalue weighted by atomic mass is 35.5. The van der Waals surface area contributed by atoms with Gasteiger partial charge in [-0.2, -0.15) is 0 Å². The van der Waals surface area contributed by atoms with Crippen LogP contribution in [0.25, 0.3) is 0 Å². The fraction of sp³-hybridized carbons (Fsp3) is 0.450. The number of rotatable bonds is 5. The number of nitrogens with one attached hydrogen (secondary N) is 2. The largest absolute Gasteiger partial charge is 0.351 e. The van der Waals surface area contributed by atoms with Gasteiger partial charge >= 0.3 is 0 Å². The summed E-state index contributed by atoms with van der Waals surface area (Å²) in [4.78, 5) is 29.8. The first-order valence-corrected chi connectivity index (χ1v) is 9.75. The fourth-order valence-corrected chi connectivity index (χ4v) is 3.83. The van der Waals surface area contributed by atoms with Gasteiger partial charge in [0.2, 0.25) is 0 Å². The summed E-state index contributed by atoms with van der Waals surface area (Å²) in [5.74, 6) is -0.296. The summed E-state index contributed by atoms with van der Waals surface area (Å²) in [6.45, 7) is 7.13. The molecule has 27 heavy (non-hydrogen) atoms. The average molecular weight is 389 g/mol. The van der Waals surface area contributed by atoms with Crippen LogP contribution in [0.2, 0.25) is 5.02 Å². The van der Waals surface area contributed by atoms with Crippen LogP contribution < -0.4 is 10.6 Å². The van der Waals surface area contributed by atoms with Gasteiger partial charge in [-0.3, -0.25) is 9.59 Å². The summed E-state index contributed by atoms with van der Waals surface area (Å²) < 4.78 is 1.87. The second kappa shape index (κ2) is 8.13. The highest BCUT2D eigenvalue weighted by molar-refractivity contribution is 6.34. The summed E-state index contributed by atoms with van der Waals surface area (Å²) in [5, 5.41) is 6.23. The van der Waals surface area contributed by atoms with Crippen molar-refractivity contribution in [2.45, 2.75) is 53.0 Å². The van der Waals surface area contributed by atoms with Crippen LogP contribution in [0.5, 0.6) is 0 Å². The van der Waals surface area contributed by atoms with Gasteiger partial charge in [0.25, 0.3) is 11.8 Å². The van der Waals surface area contributed by atoms with Crippen molar-refractivity contribution in [1.82, 2.24) is 14.9 Å². The number of amides is 2. The van der Waals surface area contributed by atoms with Gasteiger partial charge in [0.15, 0.2) is 5.82 Å². The molecule has 0 saturated heterocycles. The van der Waals surface area contributed by atoms with Crippen LogP contribution in [-0.2, 0) is 13.0 Å². The molecule has 2 N–H and O–H groups in total. The lowest BCUT2D eigenvalue weighted by Gasteiger charge is -2.17. The third-order valence-corrected chi connectivity index (χ3v) is 5.04. The van der Waals surface area contributed by atoms with Crippen molar-refractivity contribution in [3.63, 3.8) is 0 Å². The molecular formula is C20H25ClN4O2. The SMILES string of the molecule is CCCNC(=O)c1nc(C(=O)Nc2c(C)cc(C)cc2Cl)n2c1CCCC2. The number of imidazole rings is 1. The first kappa shape index (κ1) is 19.4. The van der Waals surface area contributed by atoms with Gasteiger partial charge < -0.3 is 15.2 Å². The van der Waals surface area contributed by atoms with Crippen LogP contribution in [0.1, 0.15) is 64.1 Å². The van der Waals surface area contributed by atoms with Crippen LogP contribution in [-0.4, -0.2) is 27.9 Å². The minimum atomic E-state index is -0.346. The molecule has 1 aromatic heterocycles. The van der Waals surface area contributed by atoms with E-state index in [4.69, 9.17) is 11.6 Å². The van der Waals surface area contributed by atoms with Crippen molar-refractivity contribution in [1.29, 1.82) is 0 Å². The van der Waals surface area contributed by atoms with Crippen molar-refractivity contribution in [2.24, 2.45) is 0 Å². The predicted octanol–water partition coefficient (Wildman–Crippen LogP) is 3.88. The predicted molar refractivity (Wildman–Crippen MR) is 107 cm³/mol. The third-order valence-electron chi connectivity index (χ3n) is 4.74. The number of fused-ring (bicyclic) bond motifs is 1. The molecule has 2 amide bonds. The number of anilines is 1. The summed E-state index contributed by atoms with van der Waals surface area (Å²) in [6.07, 6.45) is 3.55. The Morgan fingerprint density at radius 1 is 1.22 bits per heavy atom. The Kier molecular flexibility index (Phi) is 5.85. The number of carbonyl (C=O) groups is 2. The van der Waals surface area contributed by atoms with Gasteiger partial charge in [-0.15, -0.1) is 0 Å². The standard InChI is InChI=1S/C20H25ClN4O2/c1-4-8-22-19(26)17-15-7-5-6-9-25(15)18(23-17)20(27)24-16-13(3)10-12(2)11-14(16)21/h10-11H,4-9H2,1-3H3,(H,22,26)(H,24,27). The number of hydrogen-bond acceptors (Lipinski definition) is 3. The van der Waals surface area contributed by atoms with E-state index in [-0.39, 0.29) is 17.6 Å². The number of carbonyl (C=O) groups excluding carboxylic acids is 2. The molecule has 0 saturated carbocycles. The summed E-state index contributed by atoms with van der Waals surface area (Å²) in [7, 11) is 0. The molecule has 2 heterocycles. The highest BCUT2D eigenvalue weighted by Gasteiger charge is 2.27. The Hall–Kier alpha value is -2.34. The number of benzene rings is 1. The topological polar surface area (TPSA) is 76.0 Å². The molecule has 2 aromatic rings. The van der Waals surface area contributed by atoms with Gasteiger partial charge in [0.05, 0.1) is 16.4 Å². The van der Waals surface area contributed by atoms with E-state index in [9.17, 15) is 9.59 Å². The van der Waals surface area contributed by atoms with Crippen molar-refractivity contribution in [2.75, 3.05) is 11.9 Å². The lowest BCUT2D eigenvalue weighted by atomic mass is 10.1. The van der Waals surface area contributed by atoms with E-state index < -0.39 is 0 Å². The molecule has 0 atom stereocenters. The molecule has 0 radical (unpaired) electrons. The van der Waals surface area contributed by atoms with E-state index in [1.54, 1.807) is 0 Å². The zero-order valence-electron chi connectivity index (χ0n) is 16.0. The Bertz CT molecular complexity index is 865. The van der Waals surface area contributed by atoms with Gasteiger partial charge in [0.1, 0.15) is 5.69 Å². The van der Waals surface area contributed by atoms with Crippen LogP contribution in [0.4, 0.5) is 5.69 Å². The molecule has 1 aliphatic rings. The van der Waals surface area contributed by atoms with Crippen molar-refractivity contribution < 1.29 is 9.59 Å². The first-order valence-electron chi connectivity index (χ1n) is 9.38. The van der Waals surface area contributed by atoms with Crippen LogP contribution in [0.3, 0.4) is 0 Å². The molecule has 0 fully saturated rings. The molecule has 0 bridgehead atoms. The minimum Gasteiger partial charge on any atom is -0.351 e. The first-order chi connectivity index (χ1) is 12.9. The third kappa shape index (κ3) is 4.00. The van der Waals surface area contributed by atoms with E-state index >= 15 is 0 Å². The molecule has 144 valence electrons. The maximum absolute atomic E-state index is 12.9. The monoisotopic (exact) mass is 388 g/mol. The number of aromatic nitrogens is 2. The normalized spacial score (nSPS) is 13.2. The number of hydrogen-bond donors (Lipinski definition) is 2. The molecular weight excluding hydrogens is 364 g/mol. The maximum Gasteiger partial charge on any atom is 0.291 e. The van der Waals surface area contributed by atoms with Crippen LogP contribution >= 0.6 is 11.6 Å². The van der Waals surface area contributed by atoms with Crippen LogP contribution in [0.15, 0.2) is 12.1 Å².